The van der Waals surface area contributed by atoms with Crippen molar-refractivity contribution in [2.24, 2.45) is 0 Å². The molecular weight excluding hydrogens is 206 g/mol. The summed E-state index contributed by atoms with van der Waals surface area (Å²) in [6, 6.07) is 0.383. The molecule has 4 heteroatoms. The van der Waals surface area contributed by atoms with Gasteiger partial charge in [-0.25, -0.2) is 0 Å². The molecule has 1 N–H and O–H groups in total. The molecule has 0 aromatic heterocycles. The number of aliphatic hydroxyl groups excluding tert-OH is 1. The number of nitrogens with zero attached hydrogens (tertiary/aromatic N) is 1. The van der Waals surface area contributed by atoms with Crippen LogP contribution in [-0.2, 0) is 9.53 Å². The predicted molar refractivity (Wildman–Crippen MR) is 60.0 cm³/mol. The van der Waals surface area contributed by atoms with Crippen LogP contribution in [0.15, 0.2) is 0 Å². The standard InChI is InChI=1S/C12H21NO3/c1-16-12(5-2-6-12)9-11(15)13(7-8-14)10-3-4-10/h10,14H,2-9H2,1H3. The molecule has 2 aliphatic carbocycles. The van der Waals surface area contributed by atoms with Crippen molar-refractivity contribution >= 4 is 5.91 Å². The second-order valence-corrected chi connectivity index (χ2v) is 4.96. The van der Waals surface area contributed by atoms with Crippen LogP contribution in [0.25, 0.3) is 0 Å². The van der Waals surface area contributed by atoms with Crippen molar-refractivity contribution in [3.8, 4) is 0 Å². The topological polar surface area (TPSA) is 49.8 Å². The lowest BCUT2D eigenvalue weighted by Gasteiger charge is -2.41. The average molecular weight is 227 g/mol. The van der Waals surface area contributed by atoms with Gasteiger partial charge in [-0.3, -0.25) is 4.79 Å². The lowest BCUT2D eigenvalue weighted by molar-refractivity contribution is -0.145. The number of hydrogen-bond acceptors (Lipinski definition) is 3. The molecule has 0 aliphatic heterocycles. The van der Waals surface area contributed by atoms with Crippen LogP contribution in [0.5, 0.6) is 0 Å². The van der Waals surface area contributed by atoms with Gasteiger partial charge in [-0.05, 0) is 32.1 Å². The maximum absolute atomic E-state index is 12.1. The fourth-order valence-corrected chi connectivity index (χ4v) is 2.41. The van der Waals surface area contributed by atoms with E-state index in [0.717, 1.165) is 32.1 Å². The van der Waals surface area contributed by atoms with Crippen LogP contribution in [0, 0.1) is 0 Å². The van der Waals surface area contributed by atoms with Crippen LogP contribution in [0.4, 0.5) is 0 Å². The number of carbonyl (C=O) groups excluding carboxylic acids is 1. The summed E-state index contributed by atoms with van der Waals surface area (Å²) in [7, 11) is 1.69. The molecule has 0 saturated heterocycles. The number of ether oxygens (including phenoxy) is 1. The quantitative estimate of drug-likeness (QED) is 0.734. The molecule has 0 atom stereocenters. The highest BCUT2D eigenvalue weighted by molar-refractivity contribution is 5.78. The van der Waals surface area contributed by atoms with Gasteiger partial charge in [0.05, 0.1) is 18.6 Å². The van der Waals surface area contributed by atoms with Crippen LogP contribution < -0.4 is 0 Å². The van der Waals surface area contributed by atoms with E-state index < -0.39 is 0 Å². The fourth-order valence-electron chi connectivity index (χ4n) is 2.41. The first-order chi connectivity index (χ1) is 7.71. The molecule has 4 nitrogen and oxygen atoms in total. The Morgan fingerprint density at radius 3 is 2.56 bits per heavy atom. The molecular formula is C12H21NO3. The van der Waals surface area contributed by atoms with Gasteiger partial charge < -0.3 is 14.7 Å². The number of aliphatic hydroxyl groups is 1. The molecule has 0 heterocycles. The van der Waals surface area contributed by atoms with E-state index in [1.807, 2.05) is 4.90 Å². The van der Waals surface area contributed by atoms with Gasteiger partial charge in [0.1, 0.15) is 0 Å². The van der Waals surface area contributed by atoms with E-state index in [0.29, 0.717) is 19.0 Å². The second-order valence-electron chi connectivity index (χ2n) is 4.96. The third kappa shape index (κ3) is 2.38. The molecule has 0 bridgehead atoms. The Kier molecular flexibility index (Phi) is 3.50. The molecule has 2 aliphatic rings. The van der Waals surface area contributed by atoms with Crippen molar-refractivity contribution < 1.29 is 14.6 Å². The summed E-state index contributed by atoms with van der Waals surface area (Å²) < 4.78 is 5.46. The molecule has 92 valence electrons. The first kappa shape index (κ1) is 11.9. The third-order valence-electron chi connectivity index (χ3n) is 3.82. The minimum atomic E-state index is -0.195. The van der Waals surface area contributed by atoms with Gasteiger partial charge in [0.25, 0.3) is 0 Å². The zero-order valence-corrected chi connectivity index (χ0v) is 9.95. The summed E-state index contributed by atoms with van der Waals surface area (Å²) in [4.78, 5) is 13.9. The van der Waals surface area contributed by atoms with E-state index in [9.17, 15) is 4.79 Å². The zero-order valence-electron chi connectivity index (χ0n) is 9.95. The predicted octanol–water partition coefficient (Wildman–Crippen LogP) is 0.929. The van der Waals surface area contributed by atoms with Crippen LogP contribution in [-0.4, -0.2) is 47.8 Å². The Hall–Kier alpha value is -0.610. The fraction of sp³-hybridized carbons (Fsp3) is 0.917. The summed E-state index contributed by atoms with van der Waals surface area (Å²) in [5, 5.41) is 8.96. The van der Waals surface area contributed by atoms with E-state index in [1.54, 1.807) is 7.11 Å². The largest absolute Gasteiger partial charge is 0.395 e. The van der Waals surface area contributed by atoms with Gasteiger partial charge in [-0.2, -0.15) is 0 Å². The maximum Gasteiger partial charge on any atom is 0.225 e. The molecule has 0 spiro atoms. The SMILES string of the molecule is COC1(CC(=O)N(CCO)C2CC2)CCC1. The van der Waals surface area contributed by atoms with Gasteiger partial charge in [0.2, 0.25) is 5.91 Å². The minimum Gasteiger partial charge on any atom is -0.395 e. The van der Waals surface area contributed by atoms with Gasteiger partial charge in [0, 0.05) is 19.7 Å². The Balaban J connectivity index is 1.89. The Morgan fingerprint density at radius 2 is 2.19 bits per heavy atom. The van der Waals surface area contributed by atoms with E-state index in [-0.39, 0.29) is 18.1 Å². The summed E-state index contributed by atoms with van der Waals surface area (Å²) in [5.74, 6) is 0.151. The first-order valence-electron chi connectivity index (χ1n) is 6.16. The number of rotatable bonds is 6. The number of methoxy groups -OCH3 is 1. The van der Waals surface area contributed by atoms with Crippen LogP contribution in [0.2, 0.25) is 0 Å². The molecule has 0 aromatic carbocycles. The van der Waals surface area contributed by atoms with Crippen LogP contribution in [0.1, 0.15) is 38.5 Å². The molecule has 0 radical (unpaired) electrons. The molecule has 2 rings (SSSR count). The van der Waals surface area contributed by atoms with Gasteiger partial charge in [-0.15, -0.1) is 0 Å². The molecule has 2 saturated carbocycles. The van der Waals surface area contributed by atoms with Crippen molar-refractivity contribution in [3.05, 3.63) is 0 Å². The maximum atomic E-state index is 12.1. The lowest BCUT2D eigenvalue weighted by Crippen LogP contribution is -2.46. The van der Waals surface area contributed by atoms with Gasteiger partial charge in [0.15, 0.2) is 0 Å². The first-order valence-corrected chi connectivity index (χ1v) is 6.16. The highest BCUT2D eigenvalue weighted by Gasteiger charge is 2.42. The third-order valence-corrected chi connectivity index (χ3v) is 3.82. The van der Waals surface area contributed by atoms with Crippen molar-refractivity contribution in [1.29, 1.82) is 0 Å². The van der Waals surface area contributed by atoms with Gasteiger partial charge >= 0.3 is 0 Å². The molecule has 2 fully saturated rings. The van der Waals surface area contributed by atoms with Crippen LogP contribution in [0.3, 0.4) is 0 Å². The van der Waals surface area contributed by atoms with E-state index in [4.69, 9.17) is 9.84 Å². The molecule has 1 amide bonds. The second kappa shape index (κ2) is 4.72. The molecule has 0 aromatic rings. The normalized spacial score (nSPS) is 22.6. The summed E-state index contributed by atoms with van der Waals surface area (Å²) >= 11 is 0. The summed E-state index contributed by atoms with van der Waals surface area (Å²) in [5.41, 5.74) is -0.195. The van der Waals surface area contributed by atoms with Crippen molar-refractivity contribution in [1.82, 2.24) is 4.90 Å². The van der Waals surface area contributed by atoms with Crippen LogP contribution >= 0.6 is 0 Å². The Morgan fingerprint density at radius 1 is 1.50 bits per heavy atom. The Bertz CT molecular complexity index is 253. The lowest BCUT2D eigenvalue weighted by atomic mass is 9.77. The Labute approximate surface area is 96.6 Å². The summed E-state index contributed by atoms with van der Waals surface area (Å²) in [6.07, 6.45) is 5.81. The molecule has 0 unspecified atom stereocenters. The van der Waals surface area contributed by atoms with Crippen molar-refractivity contribution in [3.63, 3.8) is 0 Å². The highest BCUT2D eigenvalue weighted by atomic mass is 16.5. The smallest absolute Gasteiger partial charge is 0.225 e. The monoisotopic (exact) mass is 227 g/mol. The number of hydrogen-bond donors (Lipinski definition) is 1. The molecule has 16 heavy (non-hydrogen) atoms. The van der Waals surface area contributed by atoms with E-state index in [2.05, 4.69) is 0 Å². The highest BCUT2D eigenvalue weighted by Crippen LogP contribution is 2.39. The summed E-state index contributed by atoms with van der Waals surface area (Å²) in [6.45, 7) is 0.533. The number of amides is 1. The van der Waals surface area contributed by atoms with Crippen molar-refractivity contribution in [2.45, 2.75) is 50.2 Å². The van der Waals surface area contributed by atoms with E-state index in [1.165, 1.54) is 0 Å². The zero-order chi connectivity index (χ0) is 11.6. The van der Waals surface area contributed by atoms with Gasteiger partial charge in [-0.1, -0.05) is 0 Å². The average Bonchev–Trinajstić information content (AvgIpc) is 3.03. The van der Waals surface area contributed by atoms with E-state index >= 15 is 0 Å². The minimum absolute atomic E-state index is 0.0578. The number of carbonyl (C=O) groups is 1. The van der Waals surface area contributed by atoms with Crippen molar-refractivity contribution in [2.75, 3.05) is 20.3 Å².